The molecule has 108 valence electrons. The van der Waals surface area contributed by atoms with E-state index in [1.54, 1.807) is 4.57 Å². The van der Waals surface area contributed by atoms with Crippen molar-refractivity contribution in [1.29, 1.82) is 0 Å². The maximum atomic E-state index is 13.4. The van der Waals surface area contributed by atoms with Gasteiger partial charge in [-0.3, -0.25) is 0 Å². The molecule has 0 bridgehead atoms. The standard InChI is InChI=1S/C14H16F2N2O2/c1-3-4-5-12(14(19)20-2)18-8-17-11-6-9(15)10(16)7-13(11)18/h6-8,12H,3-5H2,1-2H3. The van der Waals surface area contributed by atoms with Gasteiger partial charge in [0.1, 0.15) is 6.04 Å². The number of imidazole rings is 1. The van der Waals surface area contributed by atoms with Crippen LogP contribution in [0.1, 0.15) is 32.2 Å². The maximum Gasteiger partial charge on any atom is 0.328 e. The molecule has 1 aromatic heterocycles. The van der Waals surface area contributed by atoms with Gasteiger partial charge in [-0.15, -0.1) is 0 Å². The Bertz CT molecular complexity index is 625. The highest BCUT2D eigenvalue weighted by Gasteiger charge is 2.23. The predicted molar refractivity (Wildman–Crippen MR) is 70.2 cm³/mol. The quantitative estimate of drug-likeness (QED) is 0.791. The number of hydrogen-bond acceptors (Lipinski definition) is 3. The van der Waals surface area contributed by atoms with E-state index in [-0.39, 0.29) is 0 Å². The summed E-state index contributed by atoms with van der Waals surface area (Å²) in [7, 11) is 1.31. The molecule has 0 saturated carbocycles. The predicted octanol–water partition coefficient (Wildman–Crippen LogP) is 3.22. The molecule has 6 heteroatoms. The number of unbranched alkanes of at least 4 members (excludes halogenated alkanes) is 1. The van der Waals surface area contributed by atoms with E-state index >= 15 is 0 Å². The lowest BCUT2D eigenvalue weighted by Crippen LogP contribution is -2.20. The highest BCUT2D eigenvalue weighted by atomic mass is 19.2. The van der Waals surface area contributed by atoms with Gasteiger partial charge in [0.2, 0.25) is 0 Å². The zero-order chi connectivity index (χ0) is 14.7. The Balaban J connectivity index is 2.47. The SMILES string of the molecule is CCCCC(C(=O)OC)n1cnc2cc(F)c(F)cc21. The van der Waals surface area contributed by atoms with Crippen molar-refractivity contribution in [1.82, 2.24) is 9.55 Å². The Kier molecular flexibility index (Phi) is 4.32. The molecule has 0 radical (unpaired) electrons. The third-order valence-corrected chi connectivity index (χ3v) is 3.26. The number of ether oxygens (including phenoxy) is 1. The number of carbonyl (C=O) groups excluding carboxylic acids is 1. The molecule has 0 fully saturated rings. The van der Waals surface area contributed by atoms with E-state index in [0.29, 0.717) is 17.5 Å². The molecule has 0 aliphatic carbocycles. The van der Waals surface area contributed by atoms with Crippen LogP contribution in [0, 0.1) is 11.6 Å². The van der Waals surface area contributed by atoms with Crippen molar-refractivity contribution in [3.8, 4) is 0 Å². The first-order valence-corrected chi connectivity index (χ1v) is 6.48. The number of carbonyl (C=O) groups is 1. The molecule has 4 nitrogen and oxygen atoms in total. The largest absolute Gasteiger partial charge is 0.467 e. The van der Waals surface area contributed by atoms with Crippen LogP contribution in [0.4, 0.5) is 8.78 Å². The van der Waals surface area contributed by atoms with Crippen LogP contribution in [0.3, 0.4) is 0 Å². The molecule has 0 aliphatic heterocycles. The monoisotopic (exact) mass is 282 g/mol. The van der Waals surface area contributed by atoms with Crippen molar-refractivity contribution in [3.05, 3.63) is 30.1 Å². The van der Waals surface area contributed by atoms with Crippen LogP contribution in [0.25, 0.3) is 11.0 Å². The minimum atomic E-state index is -0.960. The van der Waals surface area contributed by atoms with Gasteiger partial charge < -0.3 is 9.30 Å². The highest BCUT2D eigenvalue weighted by Crippen LogP contribution is 2.24. The van der Waals surface area contributed by atoms with Gasteiger partial charge in [0, 0.05) is 12.1 Å². The molecular weight excluding hydrogens is 266 g/mol. The van der Waals surface area contributed by atoms with Gasteiger partial charge >= 0.3 is 5.97 Å². The first kappa shape index (κ1) is 14.4. The third-order valence-electron chi connectivity index (χ3n) is 3.26. The van der Waals surface area contributed by atoms with Crippen LogP contribution in [0.5, 0.6) is 0 Å². The summed E-state index contributed by atoms with van der Waals surface area (Å²) in [6, 6.07) is 1.50. The fraction of sp³-hybridized carbons (Fsp3) is 0.429. The van der Waals surface area contributed by atoms with E-state index in [9.17, 15) is 13.6 Å². The number of halogens is 2. The van der Waals surface area contributed by atoms with Gasteiger partial charge in [-0.05, 0) is 6.42 Å². The van der Waals surface area contributed by atoms with Crippen LogP contribution >= 0.6 is 0 Å². The molecule has 1 aromatic carbocycles. The number of aromatic nitrogens is 2. The lowest BCUT2D eigenvalue weighted by atomic mass is 10.1. The Labute approximate surface area is 115 Å². The molecule has 0 N–H and O–H groups in total. The zero-order valence-corrected chi connectivity index (χ0v) is 11.4. The van der Waals surface area contributed by atoms with Crippen LogP contribution < -0.4 is 0 Å². The van der Waals surface area contributed by atoms with Crippen molar-refractivity contribution in [2.24, 2.45) is 0 Å². The number of methoxy groups -OCH3 is 1. The maximum absolute atomic E-state index is 13.4. The van der Waals surface area contributed by atoms with Gasteiger partial charge in [-0.2, -0.15) is 0 Å². The average molecular weight is 282 g/mol. The molecule has 0 saturated heterocycles. The Hall–Kier alpha value is -1.98. The number of hydrogen-bond donors (Lipinski definition) is 0. The first-order valence-electron chi connectivity index (χ1n) is 6.48. The lowest BCUT2D eigenvalue weighted by molar-refractivity contribution is -0.144. The second-order valence-electron chi connectivity index (χ2n) is 4.59. The van der Waals surface area contributed by atoms with E-state index in [2.05, 4.69) is 4.98 Å². The second-order valence-corrected chi connectivity index (χ2v) is 4.59. The summed E-state index contributed by atoms with van der Waals surface area (Å²) in [6.45, 7) is 2.01. The van der Waals surface area contributed by atoms with E-state index in [1.165, 1.54) is 13.4 Å². The van der Waals surface area contributed by atoms with Crippen LogP contribution in [-0.2, 0) is 9.53 Å². The second kappa shape index (κ2) is 5.98. The third kappa shape index (κ3) is 2.64. The summed E-state index contributed by atoms with van der Waals surface area (Å²) in [5.74, 6) is -2.33. The first-order chi connectivity index (χ1) is 9.58. The fourth-order valence-electron chi connectivity index (χ4n) is 2.18. The van der Waals surface area contributed by atoms with Crippen molar-refractivity contribution in [3.63, 3.8) is 0 Å². The molecule has 2 rings (SSSR count). The van der Waals surface area contributed by atoms with Crippen LogP contribution in [0.2, 0.25) is 0 Å². The minimum Gasteiger partial charge on any atom is -0.467 e. The lowest BCUT2D eigenvalue weighted by Gasteiger charge is -2.16. The minimum absolute atomic E-state index is 0.314. The van der Waals surface area contributed by atoms with E-state index < -0.39 is 23.6 Å². The van der Waals surface area contributed by atoms with Crippen molar-refractivity contribution in [2.75, 3.05) is 7.11 Å². The summed E-state index contributed by atoms with van der Waals surface area (Å²) in [5.41, 5.74) is 0.699. The van der Waals surface area contributed by atoms with Crippen LogP contribution in [-0.4, -0.2) is 22.6 Å². The summed E-state index contributed by atoms with van der Waals surface area (Å²) in [6.07, 6.45) is 3.72. The molecule has 0 aliphatic rings. The number of rotatable bonds is 5. The fourth-order valence-corrected chi connectivity index (χ4v) is 2.18. The van der Waals surface area contributed by atoms with Gasteiger partial charge in [-0.1, -0.05) is 19.8 Å². The van der Waals surface area contributed by atoms with Gasteiger partial charge in [-0.25, -0.2) is 18.6 Å². The zero-order valence-electron chi connectivity index (χ0n) is 11.4. The Morgan fingerprint density at radius 3 is 2.75 bits per heavy atom. The molecule has 20 heavy (non-hydrogen) atoms. The smallest absolute Gasteiger partial charge is 0.328 e. The molecule has 1 heterocycles. The van der Waals surface area contributed by atoms with Gasteiger partial charge in [0.05, 0.1) is 24.5 Å². The van der Waals surface area contributed by atoms with Crippen molar-refractivity contribution in [2.45, 2.75) is 32.2 Å². The summed E-state index contributed by atoms with van der Waals surface area (Å²) in [5, 5.41) is 0. The molecule has 1 unspecified atom stereocenters. The van der Waals surface area contributed by atoms with Gasteiger partial charge in [0.25, 0.3) is 0 Å². The molecule has 0 amide bonds. The van der Waals surface area contributed by atoms with E-state index in [4.69, 9.17) is 4.74 Å². The van der Waals surface area contributed by atoms with E-state index in [1.807, 2.05) is 6.92 Å². The van der Waals surface area contributed by atoms with Gasteiger partial charge in [0.15, 0.2) is 11.6 Å². The average Bonchev–Trinajstić information content (AvgIpc) is 2.82. The Morgan fingerprint density at radius 2 is 2.10 bits per heavy atom. The molecule has 1 atom stereocenters. The normalized spacial score (nSPS) is 12.6. The Morgan fingerprint density at radius 1 is 1.40 bits per heavy atom. The number of esters is 1. The molecular formula is C14H16F2N2O2. The van der Waals surface area contributed by atoms with E-state index in [0.717, 1.165) is 25.0 Å². The number of fused-ring (bicyclic) bond motifs is 1. The van der Waals surface area contributed by atoms with Crippen LogP contribution in [0.15, 0.2) is 18.5 Å². The summed E-state index contributed by atoms with van der Waals surface area (Å²) >= 11 is 0. The summed E-state index contributed by atoms with van der Waals surface area (Å²) in [4.78, 5) is 15.9. The molecule has 0 spiro atoms. The van der Waals surface area contributed by atoms with Crippen molar-refractivity contribution >= 4 is 17.0 Å². The molecule has 2 aromatic rings. The topological polar surface area (TPSA) is 44.1 Å². The number of nitrogens with zero attached hydrogens (tertiary/aromatic N) is 2. The highest BCUT2D eigenvalue weighted by molar-refractivity contribution is 5.80. The summed E-state index contributed by atoms with van der Waals surface area (Å²) < 4.78 is 32.9. The van der Waals surface area contributed by atoms with Crippen molar-refractivity contribution < 1.29 is 18.3 Å². The number of benzene rings is 1.